The van der Waals surface area contributed by atoms with E-state index in [2.05, 4.69) is 56.0 Å². The summed E-state index contributed by atoms with van der Waals surface area (Å²) in [4.78, 5) is 54.2. The van der Waals surface area contributed by atoms with Gasteiger partial charge in [0.1, 0.15) is 31.4 Å². The van der Waals surface area contributed by atoms with Crippen molar-refractivity contribution in [3.05, 3.63) is 138 Å². The van der Waals surface area contributed by atoms with Crippen LogP contribution in [0.1, 0.15) is 33.5 Å². The molecule has 3 aromatic rings. The molecule has 0 aliphatic carbocycles. The molecule has 3 aromatic carbocycles. The first-order valence-corrected chi connectivity index (χ1v) is 20.3. The SMILES string of the molecule is C=C1/C=C\C=C/Nc2cc(OCc3cc(COC(=C)/C=C4\CC(OC)N5c6ccccc6C[C@H]5C(O)N4)cc(N(C)C(=O)CNC(=O)CNC(=O)CNC)c3)c(OC)cc2C(=O)N1. The van der Waals surface area contributed by atoms with Gasteiger partial charge in [0.25, 0.3) is 5.91 Å². The third-order valence-electron chi connectivity index (χ3n) is 10.5. The highest BCUT2D eigenvalue weighted by Gasteiger charge is 2.41. The van der Waals surface area contributed by atoms with Gasteiger partial charge in [0.2, 0.25) is 17.7 Å². The van der Waals surface area contributed by atoms with Crippen LogP contribution in [0.25, 0.3) is 0 Å². The average molecular weight is 863 g/mol. The Bertz CT molecular complexity index is 2330. The van der Waals surface area contributed by atoms with Gasteiger partial charge in [0, 0.05) is 55.6 Å². The van der Waals surface area contributed by atoms with Crippen LogP contribution in [0.15, 0.2) is 115 Å². The summed E-state index contributed by atoms with van der Waals surface area (Å²) < 4.78 is 24.0. The fourth-order valence-electron chi connectivity index (χ4n) is 7.34. The van der Waals surface area contributed by atoms with Crippen LogP contribution in [0, 0.1) is 0 Å². The molecule has 17 heteroatoms. The number of hydrogen-bond donors (Lipinski definition) is 7. The van der Waals surface area contributed by atoms with Crippen molar-refractivity contribution in [1.82, 2.24) is 26.6 Å². The van der Waals surface area contributed by atoms with Crippen molar-refractivity contribution in [2.24, 2.45) is 0 Å². The summed E-state index contributed by atoms with van der Waals surface area (Å²) >= 11 is 0. The second-order valence-electron chi connectivity index (χ2n) is 14.9. The molecule has 4 amide bonds. The van der Waals surface area contributed by atoms with Gasteiger partial charge in [0.15, 0.2) is 11.5 Å². The fraction of sp³-hybridized carbons (Fsp3) is 0.304. The number of allylic oxidation sites excluding steroid dienone is 4. The van der Waals surface area contributed by atoms with E-state index in [0.29, 0.717) is 69.6 Å². The van der Waals surface area contributed by atoms with Gasteiger partial charge < -0.3 is 65.8 Å². The molecule has 63 heavy (non-hydrogen) atoms. The lowest BCUT2D eigenvalue weighted by Crippen LogP contribution is -2.49. The van der Waals surface area contributed by atoms with E-state index in [0.717, 1.165) is 11.3 Å². The molecular formula is C46H54N8O9. The Labute approximate surface area is 366 Å². The van der Waals surface area contributed by atoms with Gasteiger partial charge in [-0.25, -0.2) is 0 Å². The number of para-hydroxylation sites is 1. The molecule has 3 atom stereocenters. The number of rotatable bonds is 16. The first-order valence-electron chi connectivity index (χ1n) is 20.3. The largest absolute Gasteiger partial charge is 0.493 e. The third kappa shape index (κ3) is 11.6. The Balaban J connectivity index is 1.20. The van der Waals surface area contributed by atoms with E-state index in [9.17, 15) is 24.3 Å². The number of amides is 4. The molecule has 2 unspecified atom stereocenters. The van der Waals surface area contributed by atoms with E-state index < -0.39 is 18.0 Å². The van der Waals surface area contributed by atoms with E-state index in [1.54, 1.807) is 76.0 Å². The predicted molar refractivity (Wildman–Crippen MR) is 239 cm³/mol. The summed E-state index contributed by atoms with van der Waals surface area (Å²) in [6.45, 7) is 7.48. The van der Waals surface area contributed by atoms with Gasteiger partial charge in [-0.2, -0.15) is 0 Å². The molecule has 0 bridgehead atoms. The molecule has 0 radical (unpaired) electrons. The quantitative estimate of drug-likeness (QED) is 0.104. The number of likely N-dealkylation sites (N-methyl/N-ethyl adjacent to an activating group) is 2. The summed E-state index contributed by atoms with van der Waals surface area (Å²) in [6.07, 6.45) is 8.44. The van der Waals surface area contributed by atoms with Gasteiger partial charge >= 0.3 is 0 Å². The maximum atomic E-state index is 13.4. The topological polar surface area (TPSA) is 204 Å². The minimum Gasteiger partial charge on any atom is -0.493 e. The molecule has 1 saturated heterocycles. The van der Waals surface area contributed by atoms with Crippen molar-refractivity contribution >= 4 is 40.7 Å². The van der Waals surface area contributed by atoms with Crippen molar-refractivity contribution in [3.63, 3.8) is 0 Å². The third-order valence-corrected chi connectivity index (χ3v) is 10.5. The number of ether oxygens (including phenoxy) is 4. The van der Waals surface area contributed by atoms with Crippen LogP contribution in [0.2, 0.25) is 0 Å². The van der Waals surface area contributed by atoms with Crippen molar-refractivity contribution in [1.29, 1.82) is 0 Å². The molecule has 3 heterocycles. The van der Waals surface area contributed by atoms with Gasteiger partial charge in [0.05, 0.1) is 44.0 Å². The Hall–Kier alpha value is -7.08. The zero-order valence-electron chi connectivity index (χ0n) is 35.8. The predicted octanol–water partition coefficient (Wildman–Crippen LogP) is 3.06. The van der Waals surface area contributed by atoms with Crippen molar-refractivity contribution < 1.29 is 43.2 Å². The molecule has 7 N–H and O–H groups in total. The number of fused-ring (bicyclic) bond motifs is 4. The van der Waals surface area contributed by atoms with Crippen LogP contribution < -0.4 is 51.2 Å². The smallest absolute Gasteiger partial charge is 0.257 e. The summed E-state index contributed by atoms with van der Waals surface area (Å²) in [5.41, 5.74) is 5.84. The lowest BCUT2D eigenvalue weighted by molar-refractivity contribution is -0.126. The van der Waals surface area contributed by atoms with Crippen LogP contribution in [-0.4, -0.2) is 95.2 Å². The summed E-state index contributed by atoms with van der Waals surface area (Å²) in [5.74, 6) is -0.735. The van der Waals surface area contributed by atoms with Gasteiger partial charge in [-0.05, 0) is 78.7 Å². The highest BCUT2D eigenvalue weighted by Crippen LogP contribution is 2.38. The van der Waals surface area contributed by atoms with Crippen LogP contribution in [0.5, 0.6) is 11.5 Å². The minimum atomic E-state index is -0.885. The number of methoxy groups -OCH3 is 2. The summed E-state index contributed by atoms with van der Waals surface area (Å²) in [5, 5.41) is 28.1. The Morgan fingerprint density at radius 1 is 0.968 bits per heavy atom. The molecule has 1 fully saturated rings. The number of hydrogen-bond acceptors (Lipinski definition) is 13. The fourth-order valence-corrected chi connectivity index (χ4v) is 7.34. The monoisotopic (exact) mass is 862 g/mol. The number of nitrogens with zero attached hydrogens (tertiary/aromatic N) is 2. The Morgan fingerprint density at radius 3 is 2.48 bits per heavy atom. The van der Waals surface area contributed by atoms with Crippen LogP contribution in [0.3, 0.4) is 0 Å². The van der Waals surface area contributed by atoms with Crippen LogP contribution >= 0.6 is 0 Å². The maximum absolute atomic E-state index is 13.4. The molecule has 332 valence electrons. The van der Waals surface area contributed by atoms with E-state index in [-0.39, 0.29) is 56.9 Å². The van der Waals surface area contributed by atoms with Crippen molar-refractivity contribution in [2.75, 3.05) is 63.1 Å². The summed E-state index contributed by atoms with van der Waals surface area (Å²) in [7, 11) is 6.31. The zero-order valence-corrected chi connectivity index (χ0v) is 35.8. The number of aliphatic hydroxyl groups excluding tert-OH is 1. The van der Waals surface area contributed by atoms with Gasteiger partial charge in [-0.3, -0.25) is 19.2 Å². The van der Waals surface area contributed by atoms with Crippen LogP contribution in [0.4, 0.5) is 17.1 Å². The van der Waals surface area contributed by atoms with Gasteiger partial charge in [-0.1, -0.05) is 37.4 Å². The molecule has 3 aliphatic heterocycles. The van der Waals surface area contributed by atoms with Crippen molar-refractivity contribution in [2.45, 2.75) is 44.6 Å². The lowest BCUT2D eigenvalue weighted by atomic mass is 10.1. The number of carbonyl (C=O) groups is 4. The second-order valence-corrected chi connectivity index (χ2v) is 14.9. The lowest BCUT2D eigenvalue weighted by Gasteiger charge is -2.33. The van der Waals surface area contributed by atoms with E-state index in [1.165, 1.54) is 12.0 Å². The molecule has 3 aliphatic rings. The van der Waals surface area contributed by atoms with E-state index in [4.69, 9.17) is 18.9 Å². The molecule has 0 spiro atoms. The molecule has 6 rings (SSSR count). The Morgan fingerprint density at radius 2 is 1.71 bits per heavy atom. The normalized spacial score (nSPS) is 19.3. The average Bonchev–Trinajstić information content (AvgIpc) is 3.61. The van der Waals surface area contributed by atoms with Crippen molar-refractivity contribution in [3.8, 4) is 11.5 Å². The number of carbonyl (C=O) groups excluding carboxylic acids is 4. The minimum absolute atomic E-state index is 0.00859. The van der Waals surface area contributed by atoms with E-state index >= 15 is 0 Å². The number of aliphatic hydroxyl groups is 1. The number of anilines is 3. The summed E-state index contributed by atoms with van der Waals surface area (Å²) in [6, 6.07) is 16.5. The zero-order chi connectivity index (χ0) is 45.0. The first kappa shape index (κ1) is 45.4. The Kier molecular flexibility index (Phi) is 15.2. The van der Waals surface area contributed by atoms with Crippen LogP contribution in [-0.2, 0) is 43.5 Å². The highest BCUT2D eigenvalue weighted by atomic mass is 16.5. The number of benzene rings is 3. The molecule has 17 nitrogen and oxygen atoms in total. The number of nitrogens with one attached hydrogen (secondary N) is 6. The molecular weight excluding hydrogens is 809 g/mol. The molecule has 0 saturated carbocycles. The van der Waals surface area contributed by atoms with E-state index in [1.807, 2.05) is 24.3 Å². The second kappa shape index (κ2) is 21.1. The maximum Gasteiger partial charge on any atom is 0.257 e. The molecule has 0 aromatic heterocycles. The highest BCUT2D eigenvalue weighted by molar-refractivity contribution is 6.02. The first-order chi connectivity index (χ1) is 30.4. The standard InChI is InChI=1S/C46H54N8O9/c1-28-11-9-10-14-48-36-22-40(39(60-5)21-35(36)45(58)51-28)63-27-31-16-30(17-34(18-31)53(4)43(57)25-50-42(56)24-49-41(55)23-47-3)26-62-29(2)15-33-20-44(61-6)54-37-13-8-7-12-32(37)19-38(54)46(59)52-33/h7-18,21-22,38,44,46-48,52,59H,1-2,19-20,23-27H2,3-6H3,(H,49,55)(H,50,56)(H,51,58)/b11-9-,14-10-,33-15+/t38-,44?,46?/m0/s1. The van der Waals surface area contributed by atoms with Gasteiger partial charge in [-0.15, -0.1) is 0 Å².